The summed E-state index contributed by atoms with van der Waals surface area (Å²) in [5.41, 5.74) is 0.329. The van der Waals surface area contributed by atoms with E-state index in [9.17, 15) is 14.7 Å². The largest absolute Gasteiger partial charge is 0.481 e. The van der Waals surface area contributed by atoms with Gasteiger partial charge in [-0.15, -0.1) is 0 Å². The van der Waals surface area contributed by atoms with Gasteiger partial charge in [-0.3, -0.25) is 9.59 Å². The maximum Gasteiger partial charge on any atom is 0.311 e. The summed E-state index contributed by atoms with van der Waals surface area (Å²) >= 11 is 6.14. The number of aryl methyl sites for hydroxylation is 1. The summed E-state index contributed by atoms with van der Waals surface area (Å²) in [7, 11) is 0. The number of nitrogens with zero attached hydrogens (tertiary/aromatic N) is 1. The molecule has 0 saturated carbocycles. The highest BCUT2D eigenvalue weighted by Gasteiger charge is 2.49. The summed E-state index contributed by atoms with van der Waals surface area (Å²) < 4.78 is 5.72. The van der Waals surface area contributed by atoms with Gasteiger partial charge >= 0.3 is 5.97 Å². The van der Waals surface area contributed by atoms with Gasteiger partial charge in [-0.25, -0.2) is 0 Å². The standard InChI is InChI=1S/C18H20ClNO4/c1-10(2)18(17(22)23)7-8-20(9-18)16(21)14-11(3)12-5-4-6-13(19)15(12)24-14/h4-6,10H,7-9H2,1-3H3,(H,22,23). The minimum absolute atomic E-state index is 0.0565. The quantitative estimate of drug-likeness (QED) is 0.910. The maximum absolute atomic E-state index is 12.9. The smallest absolute Gasteiger partial charge is 0.311 e. The Balaban J connectivity index is 1.95. The number of hydrogen-bond acceptors (Lipinski definition) is 3. The van der Waals surface area contributed by atoms with Crippen molar-refractivity contribution in [1.29, 1.82) is 0 Å². The number of carboxylic acid groups (broad SMARTS) is 1. The summed E-state index contributed by atoms with van der Waals surface area (Å²) in [5.74, 6) is -0.942. The highest BCUT2D eigenvalue weighted by Crippen LogP contribution is 2.39. The molecule has 1 atom stereocenters. The number of aliphatic carboxylic acids is 1. The van der Waals surface area contributed by atoms with Crippen LogP contribution in [0.5, 0.6) is 0 Å². The molecule has 0 radical (unpaired) electrons. The third kappa shape index (κ3) is 2.38. The van der Waals surface area contributed by atoms with Crippen molar-refractivity contribution in [3.8, 4) is 0 Å². The molecule has 3 rings (SSSR count). The van der Waals surface area contributed by atoms with E-state index >= 15 is 0 Å². The number of para-hydroxylation sites is 1. The number of carbonyl (C=O) groups excluding carboxylic acids is 1. The van der Waals surface area contributed by atoms with Gasteiger partial charge in [0.05, 0.1) is 10.4 Å². The van der Waals surface area contributed by atoms with Crippen LogP contribution in [-0.2, 0) is 4.79 Å². The normalized spacial score (nSPS) is 21.0. The third-order valence-electron chi connectivity index (χ3n) is 5.23. The zero-order valence-corrected chi connectivity index (χ0v) is 14.7. The predicted octanol–water partition coefficient (Wildman–Crippen LogP) is 3.97. The number of rotatable bonds is 3. The Bertz CT molecular complexity index is 826. The molecule has 1 unspecified atom stereocenters. The molecule has 5 nitrogen and oxygen atoms in total. The van der Waals surface area contributed by atoms with Crippen molar-refractivity contribution in [2.75, 3.05) is 13.1 Å². The molecular weight excluding hydrogens is 330 g/mol. The minimum Gasteiger partial charge on any atom is -0.481 e. The molecule has 1 saturated heterocycles. The number of halogens is 1. The Morgan fingerprint density at radius 2 is 2.08 bits per heavy atom. The van der Waals surface area contributed by atoms with Gasteiger partial charge in [0.15, 0.2) is 11.3 Å². The van der Waals surface area contributed by atoms with E-state index in [1.54, 1.807) is 11.0 Å². The predicted molar refractivity (Wildman–Crippen MR) is 91.4 cm³/mol. The molecule has 2 heterocycles. The van der Waals surface area contributed by atoms with Gasteiger partial charge in [-0.2, -0.15) is 0 Å². The molecule has 24 heavy (non-hydrogen) atoms. The van der Waals surface area contributed by atoms with Gasteiger partial charge in [0.25, 0.3) is 5.91 Å². The molecule has 1 N–H and O–H groups in total. The van der Waals surface area contributed by atoms with Crippen molar-refractivity contribution in [2.24, 2.45) is 11.3 Å². The van der Waals surface area contributed by atoms with Crippen LogP contribution in [-0.4, -0.2) is 35.0 Å². The highest BCUT2D eigenvalue weighted by molar-refractivity contribution is 6.35. The summed E-state index contributed by atoms with van der Waals surface area (Å²) in [6.07, 6.45) is 0.450. The van der Waals surface area contributed by atoms with E-state index in [1.165, 1.54) is 0 Å². The lowest BCUT2D eigenvalue weighted by Gasteiger charge is -2.28. The molecular formula is C18H20ClNO4. The van der Waals surface area contributed by atoms with Crippen molar-refractivity contribution in [3.05, 3.63) is 34.5 Å². The topological polar surface area (TPSA) is 70.8 Å². The van der Waals surface area contributed by atoms with Gasteiger partial charge in [0.1, 0.15) is 0 Å². The first kappa shape index (κ1) is 16.8. The second-order valence-corrected chi connectivity index (χ2v) is 7.17. The number of likely N-dealkylation sites (tertiary alicyclic amines) is 1. The molecule has 0 aliphatic carbocycles. The maximum atomic E-state index is 12.9. The molecule has 6 heteroatoms. The second kappa shape index (κ2) is 5.81. The van der Waals surface area contributed by atoms with Gasteiger partial charge in [0, 0.05) is 24.0 Å². The first-order valence-electron chi connectivity index (χ1n) is 7.98. The number of amides is 1. The molecule has 1 amide bonds. The van der Waals surface area contributed by atoms with Gasteiger partial charge < -0.3 is 14.4 Å². The lowest BCUT2D eigenvalue weighted by atomic mass is 9.76. The molecule has 1 aliphatic heterocycles. The van der Waals surface area contributed by atoms with Crippen LogP contribution in [0.3, 0.4) is 0 Å². The molecule has 1 aromatic heterocycles. The molecule has 2 aromatic rings. The summed E-state index contributed by atoms with van der Waals surface area (Å²) in [6.45, 7) is 6.19. The molecule has 0 spiro atoms. The van der Waals surface area contributed by atoms with E-state index in [1.807, 2.05) is 32.9 Å². The Hall–Kier alpha value is -2.01. The highest BCUT2D eigenvalue weighted by atomic mass is 35.5. The first-order chi connectivity index (χ1) is 11.3. The van der Waals surface area contributed by atoms with Crippen LogP contribution in [0, 0.1) is 18.3 Å². The average Bonchev–Trinajstić information content (AvgIpc) is 3.11. The van der Waals surface area contributed by atoms with Crippen LogP contribution in [0.1, 0.15) is 36.4 Å². The van der Waals surface area contributed by atoms with E-state index in [0.29, 0.717) is 23.6 Å². The fourth-order valence-electron chi connectivity index (χ4n) is 3.46. The zero-order chi connectivity index (χ0) is 17.6. The number of carbonyl (C=O) groups is 2. The van der Waals surface area contributed by atoms with Crippen LogP contribution in [0.4, 0.5) is 0 Å². The van der Waals surface area contributed by atoms with Crippen LogP contribution >= 0.6 is 11.6 Å². The molecule has 1 fully saturated rings. The summed E-state index contributed by atoms with van der Waals surface area (Å²) in [6, 6.07) is 5.38. The lowest BCUT2D eigenvalue weighted by molar-refractivity contribution is -0.150. The number of hydrogen-bond donors (Lipinski definition) is 1. The second-order valence-electron chi connectivity index (χ2n) is 6.77. The monoisotopic (exact) mass is 349 g/mol. The first-order valence-corrected chi connectivity index (χ1v) is 8.36. The summed E-state index contributed by atoms with van der Waals surface area (Å²) in [4.78, 5) is 26.2. The van der Waals surface area contributed by atoms with E-state index in [4.69, 9.17) is 16.0 Å². The molecule has 128 valence electrons. The van der Waals surface area contributed by atoms with E-state index in [0.717, 1.165) is 10.9 Å². The van der Waals surface area contributed by atoms with E-state index < -0.39 is 11.4 Å². The van der Waals surface area contributed by atoms with Crippen molar-refractivity contribution in [3.63, 3.8) is 0 Å². The van der Waals surface area contributed by atoms with Gasteiger partial charge in [-0.1, -0.05) is 37.6 Å². The Labute approximate surface area is 145 Å². The minimum atomic E-state index is -0.896. The van der Waals surface area contributed by atoms with Crippen LogP contribution in [0.2, 0.25) is 5.02 Å². The Morgan fingerprint density at radius 1 is 1.38 bits per heavy atom. The van der Waals surface area contributed by atoms with Gasteiger partial charge in [0.2, 0.25) is 0 Å². The number of fused-ring (bicyclic) bond motifs is 1. The number of benzene rings is 1. The Kier molecular flexibility index (Phi) is 4.08. The van der Waals surface area contributed by atoms with Crippen molar-refractivity contribution in [1.82, 2.24) is 4.90 Å². The van der Waals surface area contributed by atoms with E-state index in [-0.39, 0.29) is 24.1 Å². The van der Waals surface area contributed by atoms with Crippen LogP contribution < -0.4 is 0 Å². The fraction of sp³-hybridized carbons (Fsp3) is 0.444. The van der Waals surface area contributed by atoms with Crippen molar-refractivity contribution < 1.29 is 19.1 Å². The lowest BCUT2D eigenvalue weighted by Crippen LogP contribution is -2.40. The van der Waals surface area contributed by atoms with E-state index in [2.05, 4.69) is 0 Å². The molecule has 0 bridgehead atoms. The fourth-order valence-corrected chi connectivity index (χ4v) is 3.67. The molecule has 1 aromatic carbocycles. The number of carboxylic acids is 1. The zero-order valence-electron chi connectivity index (χ0n) is 13.9. The Morgan fingerprint density at radius 3 is 2.62 bits per heavy atom. The summed E-state index contributed by atoms with van der Waals surface area (Å²) in [5, 5.41) is 10.9. The molecule has 1 aliphatic rings. The van der Waals surface area contributed by atoms with Crippen LogP contribution in [0.25, 0.3) is 11.0 Å². The average molecular weight is 350 g/mol. The number of furan rings is 1. The van der Waals surface area contributed by atoms with Crippen molar-refractivity contribution >= 4 is 34.4 Å². The third-order valence-corrected chi connectivity index (χ3v) is 5.53. The van der Waals surface area contributed by atoms with Crippen LogP contribution in [0.15, 0.2) is 22.6 Å². The van der Waals surface area contributed by atoms with Gasteiger partial charge in [-0.05, 0) is 25.3 Å². The SMILES string of the molecule is Cc1c(C(=O)N2CCC(C(=O)O)(C(C)C)C2)oc2c(Cl)cccc12. The van der Waals surface area contributed by atoms with Crippen molar-refractivity contribution in [2.45, 2.75) is 27.2 Å².